The van der Waals surface area contributed by atoms with Crippen molar-refractivity contribution >= 4 is 62.5 Å². The normalized spacial score (nSPS) is 12.1. The lowest BCUT2D eigenvalue weighted by Gasteiger charge is -2.32. The standard InChI is InChI=1S/C27H29Cl2N3O4S2/c1-18-5-9-22(10-6-18)32(38(35,36)24-13-11-23(37-4)12-14-24)17-26(33)31(19(2)27(34)30-3)16-20-7-8-21(28)15-25(20)29/h5-15,19H,16-17H2,1-4H3,(H,30,34). The van der Waals surface area contributed by atoms with Crippen LogP contribution in [-0.4, -0.2) is 51.0 Å². The molecule has 11 heteroatoms. The zero-order valence-corrected chi connectivity index (χ0v) is 24.6. The number of halogens is 2. The summed E-state index contributed by atoms with van der Waals surface area (Å²) in [6.45, 7) is 2.92. The summed E-state index contributed by atoms with van der Waals surface area (Å²) in [5.41, 5.74) is 1.83. The van der Waals surface area contributed by atoms with Gasteiger partial charge in [0.15, 0.2) is 0 Å². The smallest absolute Gasteiger partial charge is 0.264 e. The minimum atomic E-state index is -4.13. The fraction of sp³-hybridized carbons (Fsp3) is 0.259. The molecule has 0 bridgehead atoms. The van der Waals surface area contributed by atoms with Crippen molar-refractivity contribution in [3.8, 4) is 0 Å². The Bertz CT molecular complexity index is 1400. The van der Waals surface area contributed by atoms with Crippen LogP contribution in [0.25, 0.3) is 0 Å². The van der Waals surface area contributed by atoms with Gasteiger partial charge in [0.1, 0.15) is 12.6 Å². The highest BCUT2D eigenvalue weighted by molar-refractivity contribution is 7.98. The first-order valence-corrected chi connectivity index (χ1v) is 15.1. The number of benzene rings is 3. The number of hydrogen-bond donors (Lipinski definition) is 1. The van der Waals surface area contributed by atoms with Gasteiger partial charge >= 0.3 is 0 Å². The van der Waals surface area contributed by atoms with Gasteiger partial charge in [-0.2, -0.15) is 0 Å². The summed E-state index contributed by atoms with van der Waals surface area (Å²) < 4.78 is 28.7. The minimum Gasteiger partial charge on any atom is -0.357 e. The number of carbonyl (C=O) groups excluding carboxylic acids is 2. The van der Waals surface area contributed by atoms with E-state index in [0.29, 0.717) is 21.3 Å². The van der Waals surface area contributed by atoms with Crippen molar-refractivity contribution in [2.24, 2.45) is 0 Å². The summed E-state index contributed by atoms with van der Waals surface area (Å²) in [6.07, 6.45) is 1.90. The van der Waals surface area contributed by atoms with Crippen molar-refractivity contribution in [2.75, 3.05) is 24.2 Å². The van der Waals surface area contributed by atoms with Crippen LogP contribution in [0.15, 0.2) is 76.5 Å². The van der Waals surface area contributed by atoms with Crippen LogP contribution in [0.3, 0.4) is 0 Å². The van der Waals surface area contributed by atoms with Gasteiger partial charge in [-0.05, 0) is 74.2 Å². The van der Waals surface area contributed by atoms with Crippen LogP contribution in [0, 0.1) is 6.92 Å². The number of hydrogen-bond acceptors (Lipinski definition) is 5. The Balaban J connectivity index is 2.04. The van der Waals surface area contributed by atoms with E-state index in [1.165, 1.54) is 35.8 Å². The Morgan fingerprint density at radius 1 is 1.00 bits per heavy atom. The van der Waals surface area contributed by atoms with Crippen molar-refractivity contribution in [3.05, 3.63) is 87.9 Å². The third-order valence-electron chi connectivity index (χ3n) is 6.02. The van der Waals surface area contributed by atoms with Crippen LogP contribution in [0.4, 0.5) is 5.69 Å². The molecule has 0 aliphatic carbocycles. The average molecular weight is 595 g/mol. The van der Waals surface area contributed by atoms with Gasteiger partial charge in [-0.1, -0.05) is 47.0 Å². The zero-order chi connectivity index (χ0) is 28.0. The summed E-state index contributed by atoms with van der Waals surface area (Å²) in [6, 6.07) is 17.3. The fourth-order valence-corrected chi connectivity index (χ4v) is 6.03. The maximum Gasteiger partial charge on any atom is 0.264 e. The average Bonchev–Trinajstić information content (AvgIpc) is 2.90. The number of thioether (sulfide) groups is 1. The number of rotatable bonds is 10. The largest absolute Gasteiger partial charge is 0.357 e. The van der Waals surface area contributed by atoms with Crippen LogP contribution in [0.5, 0.6) is 0 Å². The second kappa shape index (κ2) is 12.9. The number of sulfonamides is 1. The molecule has 1 N–H and O–H groups in total. The van der Waals surface area contributed by atoms with Gasteiger partial charge in [0.2, 0.25) is 11.8 Å². The van der Waals surface area contributed by atoms with Crippen molar-refractivity contribution in [1.82, 2.24) is 10.2 Å². The Kier molecular flexibility index (Phi) is 10.1. The molecule has 1 unspecified atom stereocenters. The molecular formula is C27H29Cl2N3O4S2. The second-order valence-corrected chi connectivity index (χ2v) is 12.2. The van der Waals surface area contributed by atoms with E-state index in [2.05, 4.69) is 5.32 Å². The van der Waals surface area contributed by atoms with Gasteiger partial charge in [0.05, 0.1) is 10.6 Å². The van der Waals surface area contributed by atoms with E-state index in [1.54, 1.807) is 61.5 Å². The maximum absolute atomic E-state index is 13.8. The molecule has 38 heavy (non-hydrogen) atoms. The number of nitrogens with zero attached hydrogens (tertiary/aromatic N) is 2. The number of nitrogens with one attached hydrogen (secondary N) is 1. The molecule has 202 valence electrons. The van der Waals surface area contributed by atoms with E-state index in [9.17, 15) is 18.0 Å². The zero-order valence-electron chi connectivity index (χ0n) is 21.4. The molecule has 3 aromatic rings. The molecule has 7 nitrogen and oxygen atoms in total. The number of carbonyl (C=O) groups is 2. The number of anilines is 1. The van der Waals surface area contributed by atoms with Gasteiger partial charge < -0.3 is 10.2 Å². The first-order valence-electron chi connectivity index (χ1n) is 11.7. The van der Waals surface area contributed by atoms with E-state index < -0.39 is 34.4 Å². The van der Waals surface area contributed by atoms with Gasteiger partial charge in [0, 0.05) is 28.5 Å². The lowest BCUT2D eigenvalue weighted by molar-refractivity contribution is -0.139. The van der Waals surface area contributed by atoms with Crippen LogP contribution in [-0.2, 0) is 26.2 Å². The molecule has 3 rings (SSSR count). The van der Waals surface area contributed by atoms with Gasteiger partial charge in [-0.15, -0.1) is 11.8 Å². The molecule has 0 aliphatic rings. The Morgan fingerprint density at radius 2 is 1.63 bits per heavy atom. The molecule has 0 saturated carbocycles. The molecule has 0 fully saturated rings. The number of aryl methyl sites for hydroxylation is 1. The van der Waals surface area contributed by atoms with Crippen molar-refractivity contribution in [1.29, 1.82) is 0 Å². The summed E-state index contributed by atoms with van der Waals surface area (Å²) in [5, 5.41) is 3.31. The van der Waals surface area contributed by atoms with E-state index in [-0.39, 0.29) is 11.4 Å². The first kappa shape index (κ1) is 29.8. The first-order chi connectivity index (χ1) is 18.0. The molecule has 3 aromatic carbocycles. The minimum absolute atomic E-state index is 0.0202. The predicted molar refractivity (Wildman–Crippen MR) is 154 cm³/mol. The molecule has 0 aromatic heterocycles. The molecule has 0 radical (unpaired) electrons. The third-order valence-corrected chi connectivity index (χ3v) is 9.14. The molecule has 2 amide bonds. The second-order valence-electron chi connectivity index (χ2n) is 8.57. The monoisotopic (exact) mass is 593 g/mol. The summed E-state index contributed by atoms with van der Waals surface area (Å²) in [7, 11) is -2.66. The highest BCUT2D eigenvalue weighted by atomic mass is 35.5. The SMILES string of the molecule is CNC(=O)C(C)N(Cc1ccc(Cl)cc1Cl)C(=O)CN(c1ccc(C)cc1)S(=O)(=O)c1ccc(SC)cc1. The third kappa shape index (κ3) is 7.02. The Labute approximate surface area is 238 Å². The van der Waals surface area contributed by atoms with E-state index in [1.807, 2.05) is 13.2 Å². The molecule has 1 atom stereocenters. The number of amides is 2. The molecule has 0 aliphatic heterocycles. The van der Waals surface area contributed by atoms with Crippen molar-refractivity contribution in [3.63, 3.8) is 0 Å². The van der Waals surface area contributed by atoms with Crippen LogP contribution in [0.2, 0.25) is 10.0 Å². The molecule has 0 saturated heterocycles. The molecular weight excluding hydrogens is 565 g/mol. The van der Waals surface area contributed by atoms with Crippen molar-refractivity contribution in [2.45, 2.75) is 36.2 Å². The van der Waals surface area contributed by atoms with Gasteiger partial charge in [-0.25, -0.2) is 8.42 Å². The Morgan fingerprint density at radius 3 is 2.18 bits per heavy atom. The lowest BCUT2D eigenvalue weighted by Crippen LogP contribution is -2.50. The highest BCUT2D eigenvalue weighted by Crippen LogP contribution is 2.27. The highest BCUT2D eigenvalue weighted by Gasteiger charge is 2.32. The fourth-order valence-electron chi connectivity index (χ4n) is 3.74. The summed E-state index contributed by atoms with van der Waals surface area (Å²) in [5.74, 6) is -0.974. The molecule has 0 spiro atoms. The predicted octanol–water partition coefficient (Wildman–Crippen LogP) is 5.38. The molecule has 0 heterocycles. The summed E-state index contributed by atoms with van der Waals surface area (Å²) in [4.78, 5) is 28.6. The van der Waals surface area contributed by atoms with Crippen LogP contribution < -0.4 is 9.62 Å². The number of likely N-dealkylation sites (N-methyl/N-ethyl adjacent to an activating group) is 1. The maximum atomic E-state index is 13.8. The van der Waals surface area contributed by atoms with E-state index in [4.69, 9.17) is 23.2 Å². The van der Waals surface area contributed by atoms with Crippen LogP contribution >= 0.6 is 35.0 Å². The van der Waals surface area contributed by atoms with Gasteiger partial charge in [0.25, 0.3) is 10.0 Å². The van der Waals surface area contributed by atoms with Crippen LogP contribution in [0.1, 0.15) is 18.1 Å². The summed E-state index contributed by atoms with van der Waals surface area (Å²) >= 11 is 13.9. The van der Waals surface area contributed by atoms with Gasteiger partial charge in [-0.3, -0.25) is 13.9 Å². The topological polar surface area (TPSA) is 86.8 Å². The Hall–Kier alpha value is -2.72. The lowest BCUT2D eigenvalue weighted by atomic mass is 10.1. The van der Waals surface area contributed by atoms with E-state index in [0.717, 1.165) is 14.8 Å². The van der Waals surface area contributed by atoms with E-state index >= 15 is 0 Å². The van der Waals surface area contributed by atoms with Crippen molar-refractivity contribution < 1.29 is 18.0 Å². The quantitative estimate of drug-likeness (QED) is 0.319.